The Morgan fingerprint density at radius 3 is 0.963 bits per heavy atom. The maximum absolute atomic E-state index is 6.64. The molecule has 0 aliphatic carbocycles. The van der Waals surface area contributed by atoms with Crippen molar-refractivity contribution < 1.29 is 17.7 Å². The Morgan fingerprint density at radius 2 is 0.778 bits per heavy atom. The summed E-state index contributed by atoms with van der Waals surface area (Å²) in [6, 6.07) is 2.04. The normalized spacial score (nSPS) is 13.6. The molecule has 0 unspecified atom stereocenters. The van der Waals surface area contributed by atoms with Gasteiger partial charge >= 0.3 is 17.1 Å². The first-order chi connectivity index (χ1) is 12.5. The van der Waals surface area contributed by atoms with Crippen LogP contribution in [0.15, 0.2) is 0 Å². The van der Waals surface area contributed by atoms with E-state index in [1.165, 1.54) is 0 Å². The van der Waals surface area contributed by atoms with Gasteiger partial charge in [0.1, 0.15) is 0 Å². The summed E-state index contributed by atoms with van der Waals surface area (Å²) in [6.45, 7) is 21.5. The first kappa shape index (κ1) is 27.3. The maximum Gasteiger partial charge on any atom is 0.340 e. The lowest BCUT2D eigenvalue weighted by Gasteiger charge is -2.42. The standard InChI is InChI=1S/C21H48O4Si2/c1-11-13-15-26(22-18(3)4,23-19(5)6)17-27(16-14-12-2,24-20(7)8)25-21(9)10/h18-21H,11-17H2,1-10H3. The highest BCUT2D eigenvalue weighted by molar-refractivity contribution is 6.86. The second kappa shape index (κ2) is 13.5. The van der Waals surface area contributed by atoms with Gasteiger partial charge in [0.25, 0.3) is 0 Å². The number of unbranched alkanes of at least 4 members (excludes halogenated alkanes) is 2. The minimum Gasteiger partial charge on any atom is -0.392 e. The van der Waals surface area contributed by atoms with E-state index in [1.54, 1.807) is 0 Å². The van der Waals surface area contributed by atoms with Crippen LogP contribution in [-0.4, -0.2) is 41.5 Å². The Balaban J connectivity index is 5.98. The van der Waals surface area contributed by atoms with Crippen molar-refractivity contribution in [3.05, 3.63) is 0 Å². The molecular weight excluding hydrogens is 372 g/mol. The third-order valence-electron chi connectivity index (χ3n) is 4.16. The lowest BCUT2D eigenvalue weighted by Crippen LogP contribution is -2.57. The quantitative estimate of drug-likeness (QED) is 0.260. The molecule has 0 bridgehead atoms. The molecule has 0 aromatic heterocycles. The minimum atomic E-state index is -2.45. The first-order valence-electron chi connectivity index (χ1n) is 11.2. The summed E-state index contributed by atoms with van der Waals surface area (Å²) in [5.74, 6) is 0. The molecule has 0 amide bonds. The third-order valence-corrected chi connectivity index (χ3v) is 14.3. The van der Waals surface area contributed by atoms with Gasteiger partial charge in [-0.3, -0.25) is 0 Å². The van der Waals surface area contributed by atoms with Crippen LogP contribution >= 0.6 is 0 Å². The van der Waals surface area contributed by atoms with Crippen LogP contribution in [0.2, 0.25) is 17.8 Å². The molecule has 0 aliphatic heterocycles. The summed E-state index contributed by atoms with van der Waals surface area (Å²) in [6.07, 6.45) is 5.19. The summed E-state index contributed by atoms with van der Waals surface area (Å²) in [5.41, 5.74) is 0.868. The molecule has 0 heterocycles. The maximum atomic E-state index is 6.64. The minimum absolute atomic E-state index is 0.156. The molecule has 0 spiro atoms. The van der Waals surface area contributed by atoms with Gasteiger partial charge < -0.3 is 17.7 Å². The van der Waals surface area contributed by atoms with E-state index in [-0.39, 0.29) is 24.4 Å². The SMILES string of the molecule is CCCC[Si](C[Si](CCCC)(OC(C)C)OC(C)C)(OC(C)C)OC(C)C. The van der Waals surface area contributed by atoms with Crippen LogP contribution in [0.25, 0.3) is 0 Å². The summed E-state index contributed by atoms with van der Waals surface area (Å²) >= 11 is 0. The van der Waals surface area contributed by atoms with Crippen LogP contribution in [0.4, 0.5) is 0 Å². The Hall–Kier alpha value is 0.274. The van der Waals surface area contributed by atoms with E-state index in [4.69, 9.17) is 17.7 Å². The van der Waals surface area contributed by atoms with E-state index >= 15 is 0 Å². The van der Waals surface area contributed by atoms with Crippen LogP contribution < -0.4 is 0 Å². The highest BCUT2D eigenvalue weighted by Crippen LogP contribution is 2.35. The predicted octanol–water partition coefficient (Wildman–Crippen LogP) is 6.71. The zero-order valence-corrected chi connectivity index (χ0v) is 21.9. The monoisotopic (exact) mass is 420 g/mol. The Labute approximate surface area is 172 Å². The van der Waals surface area contributed by atoms with Crippen molar-refractivity contribution in [2.45, 2.75) is 137 Å². The van der Waals surface area contributed by atoms with Crippen molar-refractivity contribution in [2.75, 3.05) is 0 Å². The molecular formula is C21H48O4Si2. The Bertz CT molecular complexity index is 319. The fraction of sp³-hybridized carbons (Fsp3) is 1.00. The molecule has 0 aromatic rings. The zero-order chi connectivity index (χ0) is 21.1. The fourth-order valence-electron chi connectivity index (χ4n) is 3.66. The van der Waals surface area contributed by atoms with Gasteiger partial charge in [-0.25, -0.2) is 0 Å². The zero-order valence-electron chi connectivity index (χ0n) is 19.9. The van der Waals surface area contributed by atoms with Crippen molar-refractivity contribution in [1.82, 2.24) is 0 Å². The smallest absolute Gasteiger partial charge is 0.340 e. The van der Waals surface area contributed by atoms with Gasteiger partial charge in [-0.15, -0.1) is 0 Å². The summed E-state index contributed by atoms with van der Waals surface area (Å²) < 4.78 is 26.6. The van der Waals surface area contributed by atoms with Gasteiger partial charge in [0, 0.05) is 30.1 Å². The molecule has 0 saturated carbocycles. The molecule has 0 aliphatic rings. The van der Waals surface area contributed by atoms with E-state index in [1.807, 2.05) is 0 Å². The van der Waals surface area contributed by atoms with E-state index in [0.29, 0.717) is 0 Å². The van der Waals surface area contributed by atoms with Crippen molar-refractivity contribution in [3.63, 3.8) is 0 Å². The van der Waals surface area contributed by atoms with Gasteiger partial charge in [-0.05, 0) is 67.5 Å². The number of hydrogen-bond acceptors (Lipinski definition) is 4. The predicted molar refractivity (Wildman–Crippen MR) is 121 cm³/mol. The van der Waals surface area contributed by atoms with Gasteiger partial charge in [0.05, 0.1) is 0 Å². The number of rotatable bonds is 16. The van der Waals surface area contributed by atoms with Crippen molar-refractivity contribution in [3.8, 4) is 0 Å². The summed E-state index contributed by atoms with van der Waals surface area (Å²) in [4.78, 5) is 0. The van der Waals surface area contributed by atoms with Crippen LogP contribution in [0.1, 0.15) is 94.9 Å². The van der Waals surface area contributed by atoms with Gasteiger partial charge in [0.15, 0.2) is 0 Å². The Morgan fingerprint density at radius 1 is 0.519 bits per heavy atom. The van der Waals surface area contributed by atoms with Gasteiger partial charge in [-0.1, -0.05) is 39.5 Å². The molecule has 0 fully saturated rings. The molecule has 4 nitrogen and oxygen atoms in total. The van der Waals surface area contributed by atoms with Crippen LogP contribution in [-0.2, 0) is 17.7 Å². The van der Waals surface area contributed by atoms with Crippen molar-refractivity contribution in [1.29, 1.82) is 0 Å². The van der Waals surface area contributed by atoms with E-state index in [0.717, 1.165) is 43.4 Å². The fourth-order valence-corrected chi connectivity index (χ4v) is 15.5. The van der Waals surface area contributed by atoms with E-state index in [9.17, 15) is 0 Å². The molecule has 0 saturated heterocycles. The molecule has 0 rings (SSSR count). The average molecular weight is 421 g/mol. The summed E-state index contributed by atoms with van der Waals surface area (Å²) in [7, 11) is -4.90. The van der Waals surface area contributed by atoms with Gasteiger partial charge in [0.2, 0.25) is 0 Å². The second-order valence-corrected chi connectivity index (χ2v) is 15.9. The highest BCUT2D eigenvalue weighted by Gasteiger charge is 2.52. The second-order valence-electron chi connectivity index (χ2n) is 8.87. The topological polar surface area (TPSA) is 36.9 Å². The molecule has 0 aromatic carbocycles. The van der Waals surface area contributed by atoms with E-state index in [2.05, 4.69) is 69.2 Å². The average Bonchev–Trinajstić information content (AvgIpc) is 2.48. The van der Waals surface area contributed by atoms with Crippen molar-refractivity contribution in [2.24, 2.45) is 0 Å². The molecule has 27 heavy (non-hydrogen) atoms. The summed E-state index contributed by atoms with van der Waals surface area (Å²) in [5, 5.41) is 0. The van der Waals surface area contributed by atoms with Gasteiger partial charge in [-0.2, -0.15) is 0 Å². The Kier molecular flexibility index (Phi) is 13.6. The van der Waals surface area contributed by atoms with Crippen LogP contribution in [0.5, 0.6) is 0 Å². The molecule has 0 atom stereocenters. The largest absolute Gasteiger partial charge is 0.392 e. The highest BCUT2D eigenvalue weighted by atomic mass is 28.4. The molecule has 0 N–H and O–H groups in total. The first-order valence-corrected chi connectivity index (χ1v) is 15.7. The lowest BCUT2D eigenvalue weighted by atomic mass is 10.4. The lowest BCUT2D eigenvalue weighted by molar-refractivity contribution is 0.0863. The van der Waals surface area contributed by atoms with Crippen molar-refractivity contribution >= 4 is 17.1 Å². The van der Waals surface area contributed by atoms with Crippen LogP contribution in [0, 0.1) is 0 Å². The molecule has 0 radical (unpaired) electrons. The molecule has 164 valence electrons. The molecule has 6 heteroatoms. The number of hydrogen-bond donors (Lipinski definition) is 0. The van der Waals surface area contributed by atoms with E-state index < -0.39 is 17.1 Å². The third kappa shape index (κ3) is 11.8. The van der Waals surface area contributed by atoms with Crippen LogP contribution in [0.3, 0.4) is 0 Å².